The maximum atomic E-state index is 12.1. The van der Waals surface area contributed by atoms with Crippen molar-refractivity contribution >= 4 is 27.7 Å². The van der Waals surface area contributed by atoms with Gasteiger partial charge in [0.1, 0.15) is 0 Å². The highest BCUT2D eigenvalue weighted by Crippen LogP contribution is 2.24. The summed E-state index contributed by atoms with van der Waals surface area (Å²) >= 11 is 3.14. The summed E-state index contributed by atoms with van der Waals surface area (Å²) in [5.41, 5.74) is 3.90. The van der Waals surface area contributed by atoms with Gasteiger partial charge in [0.2, 0.25) is 5.91 Å². The van der Waals surface area contributed by atoms with Gasteiger partial charge in [0.15, 0.2) is 10.4 Å². The smallest absolute Gasteiger partial charge is 0.287 e. The molecule has 0 spiro atoms. The molecular weight excluding hydrogens is 384 g/mol. The summed E-state index contributed by atoms with van der Waals surface area (Å²) in [4.78, 5) is 24.0. The first kappa shape index (κ1) is 17.7. The van der Waals surface area contributed by atoms with Crippen LogP contribution in [0.5, 0.6) is 0 Å². The summed E-state index contributed by atoms with van der Waals surface area (Å²) in [6, 6.07) is 9.52. The van der Waals surface area contributed by atoms with Crippen LogP contribution in [0.4, 0.5) is 0 Å². The molecule has 2 N–H and O–H groups in total. The molecule has 0 radical (unpaired) electrons. The van der Waals surface area contributed by atoms with E-state index in [1.54, 1.807) is 12.1 Å². The molecule has 2 amide bonds. The Labute approximate surface area is 155 Å². The molecule has 0 fully saturated rings. The molecule has 3 rings (SSSR count). The van der Waals surface area contributed by atoms with E-state index in [9.17, 15) is 9.59 Å². The zero-order valence-electron chi connectivity index (χ0n) is 14.1. The minimum Gasteiger partial charge on any atom is -0.444 e. The van der Waals surface area contributed by atoms with Gasteiger partial charge in [-0.2, -0.15) is 0 Å². The number of rotatable bonds is 5. The number of aryl methyl sites for hydroxylation is 2. The van der Waals surface area contributed by atoms with E-state index in [1.807, 2.05) is 6.92 Å². The zero-order valence-corrected chi connectivity index (χ0v) is 15.7. The fourth-order valence-electron chi connectivity index (χ4n) is 3.08. The van der Waals surface area contributed by atoms with E-state index in [4.69, 9.17) is 4.42 Å². The average Bonchev–Trinajstić information content (AvgIpc) is 3.05. The molecule has 1 unspecified atom stereocenters. The van der Waals surface area contributed by atoms with Gasteiger partial charge in [-0.15, -0.1) is 0 Å². The number of hydrogen-bond donors (Lipinski definition) is 2. The van der Waals surface area contributed by atoms with Crippen molar-refractivity contribution in [2.24, 2.45) is 0 Å². The van der Waals surface area contributed by atoms with E-state index in [2.05, 4.69) is 44.8 Å². The average molecular weight is 405 g/mol. The van der Waals surface area contributed by atoms with Crippen LogP contribution in [0.3, 0.4) is 0 Å². The lowest BCUT2D eigenvalue weighted by Crippen LogP contribution is -2.38. The lowest BCUT2D eigenvalue weighted by molar-refractivity contribution is -0.120. The van der Waals surface area contributed by atoms with Gasteiger partial charge in [-0.25, -0.2) is 0 Å². The number of amides is 2. The van der Waals surface area contributed by atoms with Crippen LogP contribution >= 0.6 is 15.9 Å². The van der Waals surface area contributed by atoms with Crippen molar-refractivity contribution in [2.45, 2.75) is 38.6 Å². The van der Waals surface area contributed by atoms with Gasteiger partial charge in [-0.1, -0.05) is 18.2 Å². The molecule has 2 aromatic rings. The van der Waals surface area contributed by atoms with Crippen molar-refractivity contribution in [2.75, 3.05) is 6.54 Å². The first-order chi connectivity index (χ1) is 12.0. The monoisotopic (exact) mass is 404 g/mol. The predicted molar refractivity (Wildman–Crippen MR) is 98.4 cm³/mol. The fourth-order valence-corrected chi connectivity index (χ4v) is 3.39. The normalized spacial score (nSPS) is 14.5. The van der Waals surface area contributed by atoms with Gasteiger partial charge in [0, 0.05) is 0 Å². The van der Waals surface area contributed by atoms with Gasteiger partial charge in [0.25, 0.3) is 5.91 Å². The Balaban J connectivity index is 1.53. The molecule has 132 valence electrons. The SMILES string of the molecule is CC(NC(=O)CNC(=O)c1ccc(Br)o1)c1ccc2c(c1)CCCC2. The van der Waals surface area contributed by atoms with Crippen molar-refractivity contribution in [1.29, 1.82) is 0 Å². The predicted octanol–water partition coefficient (Wildman–Crippen LogP) is 3.53. The molecular formula is C19H21BrN2O3. The number of furan rings is 1. The topological polar surface area (TPSA) is 71.3 Å². The van der Waals surface area contributed by atoms with Crippen LogP contribution in [0.2, 0.25) is 0 Å². The lowest BCUT2D eigenvalue weighted by atomic mass is 9.89. The quantitative estimate of drug-likeness (QED) is 0.800. The molecule has 1 heterocycles. The van der Waals surface area contributed by atoms with Crippen LogP contribution in [0, 0.1) is 0 Å². The fraction of sp³-hybridized carbons (Fsp3) is 0.368. The Morgan fingerprint density at radius 1 is 1.16 bits per heavy atom. The summed E-state index contributed by atoms with van der Waals surface area (Å²) in [6.45, 7) is 1.86. The van der Waals surface area contributed by atoms with Crippen LogP contribution < -0.4 is 10.6 Å². The van der Waals surface area contributed by atoms with Gasteiger partial charge < -0.3 is 15.1 Å². The molecule has 1 atom stereocenters. The van der Waals surface area contributed by atoms with Crippen LogP contribution in [0.1, 0.15) is 53.1 Å². The van der Waals surface area contributed by atoms with E-state index in [0.717, 1.165) is 18.4 Å². The van der Waals surface area contributed by atoms with Crippen molar-refractivity contribution in [1.82, 2.24) is 10.6 Å². The maximum Gasteiger partial charge on any atom is 0.287 e. The number of hydrogen-bond acceptors (Lipinski definition) is 3. The Morgan fingerprint density at radius 2 is 1.92 bits per heavy atom. The van der Waals surface area contributed by atoms with Crippen molar-refractivity contribution in [3.05, 3.63) is 57.5 Å². The van der Waals surface area contributed by atoms with Crippen LogP contribution in [-0.4, -0.2) is 18.4 Å². The number of carbonyl (C=O) groups excluding carboxylic acids is 2. The second kappa shape index (κ2) is 7.87. The Bertz CT molecular complexity index is 785. The standard InChI is InChI=1S/C19H21BrN2O3/c1-12(14-7-6-13-4-2-3-5-15(13)10-14)22-18(23)11-21-19(24)16-8-9-17(20)25-16/h6-10,12H,2-5,11H2,1H3,(H,21,24)(H,22,23). The molecule has 0 aliphatic heterocycles. The Kier molecular flexibility index (Phi) is 5.58. The largest absolute Gasteiger partial charge is 0.444 e. The molecule has 1 aromatic heterocycles. The molecule has 5 nitrogen and oxygen atoms in total. The van der Waals surface area contributed by atoms with E-state index in [1.165, 1.54) is 24.0 Å². The molecule has 0 bridgehead atoms. The highest BCUT2D eigenvalue weighted by Gasteiger charge is 2.16. The van der Waals surface area contributed by atoms with Gasteiger partial charge >= 0.3 is 0 Å². The van der Waals surface area contributed by atoms with E-state index < -0.39 is 5.91 Å². The summed E-state index contributed by atoms with van der Waals surface area (Å²) in [6.07, 6.45) is 4.74. The van der Waals surface area contributed by atoms with Crippen molar-refractivity contribution < 1.29 is 14.0 Å². The summed E-state index contributed by atoms with van der Waals surface area (Å²) in [5.74, 6) is -0.478. The molecule has 25 heavy (non-hydrogen) atoms. The Hall–Kier alpha value is -2.08. The third-order valence-electron chi connectivity index (χ3n) is 4.46. The highest BCUT2D eigenvalue weighted by atomic mass is 79.9. The Morgan fingerprint density at radius 3 is 2.64 bits per heavy atom. The van der Waals surface area contributed by atoms with E-state index in [-0.39, 0.29) is 24.3 Å². The number of fused-ring (bicyclic) bond motifs is 1. The second-order valence-corrected chi connectivity index (χ2v) is 7.09. The first-order valence-electron chi connectivity index (χ1n) is 8.47. The van der Waals surface area contributed by atoms with Crippen LogP contribution in [0.25, 0.3) is 0 Å². The van der Waals surface area contributed by atoms with Crippen LogP contribution in [0.15, 0.2) is 39.4 Å². The molecule has 1 aliphatic carbocycles. The summed E-state index contributed by atoms with van der Waals surface area (Å²) < 4.78 is 5.63. The first-order valence-corrected chi connectivity index (χ1v) is 9.27. The number of nitrogens with one attached hydrogen (secondary N) is 2. The molecule has 0 saturated carbocycles. The number of halogens is 1. The minimum atomic E-state index is -0.415. The van der Waals surface area contributed by atoms with Crippen LogP contribution in [-0.2, 0) is 17.6 Å². The molecule has 1 aromatic carbocycles. The lowest BCUT2D eigenvalue weighted by Gasteiger charge is -2.20. The second-order valence-electron chi connectivity index (χ2n) is 6.31. The van der Waals surface area contributed by atoms with Gasteiger partial charge in [0.05, 0.1) is 12.6 Å². The number of benzene rings is 1. The number of carbonyl (C=O) groups is 2. The third kappa shape index (κ3) is 4.51. The maximum absolute atomic E-state index is 12.1. The molecule has 1 aliphatic rings. The highest BCUT2D eigenvalue weighted by molar-refractivity contribution is 9.10. The van der Waals surface area contributed by atoms with Gasteiger partial charge in [-0.05, 0) is 77.4 Å². The third-order valence-corrected chi connectivity index (χ3v) is 4.88. The summed E-state index contributed by atoms with van der Waals surface area (Å²) in [5, 5.41) is 5.47. The minimum absolute atomic E-state index is 0.0908. The zero-order chi connectivity index (χ0) is 17.8. The molecule has 6 heteroatoms. The summed E-state index contributed by atoms with van der Waals surface area (Å²) in [7, 11) is 0. The van der Waals surface area contributed by atoms with E-state index >= 15 is 0 Å². The molecule has 0 saturated heterocycles. The van der Waals surface area contributed by atoms with Gasteiger partial charge in [-0.3, -0.25) is 9.59 Å². The van der Waals surface area contributed by atoms with Crippen molar-refractivity contribution in [3.8, 4) is 0 Å². The van der Waals surface area contributed by atoms with E-state index in [0.29, 0.717) is 4.67 Å². The van der Waals surface area contributed by atoms with Crippen molar-refractivity contribution in [3.63, 3.8) is 0 Å².